The number of aromatic nitrogens is 3. The van der Waals surface area contributed by atoms with Gasteiger partial charge in [-0.15, -0.1) is 16.8 Å². The van der Waals surface area contributed by atoms with Gasteiger partial charge in [0.25, 0.3) is 0 Å². The smallest absolute Gasteiger partial charge is 0.230 e. The fraction of sp³-hybridized carbons (Fsp3) is 0.421. The maximum absolute atomic E-state index is 12.3. The molecule has 1 amide bonds. The first-order valence-corrected chi connectivity index (χ1v) is 10.7. The van der Waals surface area contributed by atoms with Crippen molar-refractivity contribution in [3.05, 3.63) is 40.9 Å². The van der Waals surface area contributed by atoms with Crippen molar-refractivity contribution in [3.8, 4) is 11.4 Å². The Morgan fingerprint density at radius 1 is 1.26 bits per heavy atom. The van der Waals surface area contributed by atoms with Crippen molar-refractivity contribution in [1.82, 2.24) is 20.1 Å². The van der Waals surface area contributed by atoms with Crippen LogP contribution in [0.5, 0.6) is 0 Å². The second kappa shape index (κ2) is 9.62. The molecule has 0 bridgehead atoms. The molecule has 1 fully saturated rings. The van der Waals surface area contributed by atoms with Gasteiger partial charge < -0.3 is 5.32 Å². The van der Waals surface area contributed by atoms with E-state index in [1.165, 1.54) is 31.0 Å². The van der Waals surface area contributed by atoms with E-state index in [4.69, 9.17) is 23.2 Å². The molecule has 0 radical (unpaired) electrons. The molecule has 144 valence electrons. The van der Waals surface area contributed by atoms with Crippen LogP contribution in [-0.4, -0.2) is 32.5 Å². The summed E-state index contributed by atoms with van der Waals surface area (Å²) in [6.45, 7) is 4.34. The number of thioether (sulfide) groups is 1. The second-order valence-electron chi connectivity index (χ2n) is 6.53. The van der Waals surface area contributed by atoms with Crippen molar-refractivity contribution >= 4 is 40.9 Å². The van der Waals surface area contributed by atoms with Crippen molar-refractivity contribution < 1.29 is 4.79 Å². The monoisotopic (exact) mass is 424 g/mol. The van der Waals surface area contributed by atoms with E-state index in [2.05, 4.69) is 22.1 Å². The van der Waals surface area contributed by atoms with Crippen LogP contribution in [0.1, 0.15) is 32.1 Å². The maximum atomic E-state index is 12.3. The number of rotatable bonds is 7. The lowest BCUT2D eigenvalue weighted by molar-refractivity contribution is -0.119. The average molecular weight is 425 g/mol. The van der Waals surface area contributed by atoms with Crippen molar-refractivity contribution in [1.29, 1.82) is 0 Å². The predicted molar refractivity (Wildman–Crippen MR) is 111 cm³/mol. The topological polar surface area (TPSA) is 59.8 Å². The van der Waals surface area contributed by atoms with Gasteiger partial charge >= 0.3 is 0 Å². The highest BCUT2D eigenvalue weighted by Crippen LogP contribution is 2.29. The molecule has 5 nitrogen and oxygen atoms in total. The molecule has 0 unspecified atom stereocenters. The minimum Gasteiger partial charge on any atom is -0.353 e. The van der Waals surface area contributed by atoms with Gasteiger partial charge in [-0.1, -0.05) is 60.3 Å². The standard InChI is InChI=1S/C19H22Cl2N4OS/c1-2-10-25-18(13-8-9-15(20)16(21)11-13)23-24-19(25)27-12-17(26)22-14-6-4-3-5-7-14/h2,8-9,11,14H,1,3-7,10,12H2,(H,22,26). The quantitative estimate of drug-likeness (QED) is 0.502. The lowest BCUT2D eigenvalue weighted by Gasteiger charge is -2.22. The zero-order chi connectivity index (χ0) is 19.2. The normalized spacial score (nSPS) is 14.9. The third kappa shape index (κ3) is 5.27. The highest BCUT2D eigenvalue weighted by Gasteiger charge is 2.18. The Kier molecular flexibility index (Phi) is 7.21. The van der Waals surface area contributed by atoms with Gasteiger partial charge in [0.1, 0.15) is 0 Å². The molecule has 27 heavy (non-hydrogen) atoms. The fourth-order valence-electron chi connectivity index (χ4n) is 3.18. The Hall–Kier alpha value is -1.50. The van der Waals surface area contributed by atoms with Crippen molar-refractivity contribution in [2.75, 3.05) is 5.75 Å². The Labute approximate surface area is 173 Å². The Morgan fingerprint density at radius 3 is 2.74 bits per heavy atom. The lowest BCUT2D eigenvalue weighted by atomic mass is 9.95. The Bertz CT molecular complexity index is 818. The van der Waals surface area contributed by atoms with Gasteiger partial charge in [0.15, 0.2) is 11.0 Å². The van der Waals surface area contributed by atoms with E-state index in [1.807, 2.05) is 10.6 Å². The molecule has 1 heterocycles. The van der Waals surface area contributed by atoms with Crippen LogP contribution < -0.4 is 5.32 Å². The van der Waals surface area contributed by atoms with Crippen LogP contribution in [0, 0.1) is 0 Å². The first-order chi connectivity index (χ1) is 13.1. The van der Waals surface area contributed by atoms with Crippen molar-refractivity contribution in [2.24, 2.45) is 0 Å². The minimum atomic E-state index is 0.0381. The van der Waals surface area contributed by atoms with E-state index in [0.717, 1.165) is 18.4 Å². The summed E-state index contributed by atoms with van der Waals surface area (Å²) in [5.74, 6) is 1.02. The van der Waals surface area contributed by atoms with E-state index in [9.17, 15) is 4.79 Å². The number of halogens is 2. The van der Waals surface area contributed by atoms with Gasteiger partial charge in [0.05, 0.1) is 15.8 Å². The van der Waals surface area contributed by atoms with Gasteiger partial charge in [-0.2, -0.15) is 0 Å². The van der Waals surface area contributed by atoms with Crippen LogP contribution in [0.2, 0.25) is 10.0 Å². The van der Waals surface area contributed by atoms with Crippen LogP contribution in [0.25, 0.3) is 11.4 Å². The van der Waals surface area contributed by atoms with E-state index in [0.29, 0.717) is 39.4 Å². The number of nitrogens with zero attached hydrogens (tertiary/aromatic N) is 3. The molecule has 1 aromatic heterocycles. The number of allylic oxidation sites excluding steroid dienone is 1. The maximum Gasteiger partial charge on any atom is 0.230 e. The lowest BCUT2D eigenvalue weighted by Crippen LogP contribution is -2.37. The van der Waals surface area contributed by atoms with Gasteiger partial charge in [-0.25, -0.2) is 0 Å². The molecule has 0 spiro atoms. The van der Waals surface area contributed by atoms with E-state index in [-0.39, 0.29) is 5.91 Å². The van der Waals surface area contributed by atoms with Gasteiger partial charge in [-0.3, -0.25) is 9.36 Å². The SMILES string of the molecule is C=CCn1c(SCC(=O)NC2CCCCC2)nnc1-c1ccc(Cl)c(Cl)c1. The Morgan fingerprint density at radius 2 is 2.04 bits per heavy atom. The summed E-state index contributed by atoms with van der Waals surface area (Å²) in [6.07, 6.45) is 7.58. The fourth-order valence-corrected chi connectivity index (χ4v) is 4.24. The summed E-state index contributed by atoms with van der Waals surface area (Å²) < 4.78 is 1.92. The second-order valence-corrected chi connectivity index (χ2v) is 8.28. The molecule has 3 rings (SSSR count). The molecule has 1 aliphatic carbocycles. The first kappa shape index (κ1) is 20.2. The zero-order valence-electron chi connectivity index (χ0n) is 15.0. The molecule has 2 aromatic rings. The molecule has 1 saturated carbocycles. The number of carbonyl (C=O) groups excluding carboxylic acids is 1. The summed E-state index contributed by atoms with van der Waals surface area (Å²) in [5, 5.41) is 13.3. The average Bonchev–Trinajstić information content (AvgIpc) is 3.06. The zero-order valence-corrected chi connectivity index (χ0v) is 17.3. The number of nitrogens with one attached hydrogen (secondary N) is 1. The molecule has 1 aliphatic rings. The largest absolute Gasteiger partial charge is 0.353 e. The molecular weight excluding hydrogens is 403 g/mol. The number of benzene rings is 1. The van der Waals surface area contributed by atoms with E-state index < -0.39 is 0 Å². The molecule has 1 aromatic carbocycles. The van der Waals surface area contributed by atoms with Gasteiger partial charge in [0, 0.05) is 18.2 Å². The summed E-state index contributed by atoms with van der Waals surface area (Å²) in [5.41, 5.74) is 0.817. The van der Waals surface area contributed by atoms with Crippen molar-refractivity contribution in [2.45, 2.75) is 49.8 Å². The van der Waals surface area contributed by atoms with Crippen LogP contribution in [-0.2, 0) is 11.3 Å². The van der Waals surface area contributed by atoms with Crippen LogP contribution in [0.15, 0.2) is 36.0 Å². The minimum absolute atomic E-state index is 0.0381. The van der Waals surface area contributed by atoms with Crippen LogP contribution in [0.4, 0.5) is 0 Å². The van der Waals surface area contributed by atoms with Crippen LogP contribution in [0.3, 0.4) is 0 Å². The predicted octanol–water partition coefficient (Wildman–Crippen LogP) is 4.98. The van der Waals surface area contributed by atoms with Gasteiger partial charge in [0.2, 0.25) is 5.91 Å². The molecule has 8 heteroatoms. The molecular formula is C19H22Cl2N4OS. The summed E-state index contributed by atoms with van der Waals surface area (Å²) in [7, 11) is 0. The third-order valence-electron chi connectivity index (χ3n) is 4.51. The van der Waals surface area contributed by atoms with Crippen molar-refractivity contribution in [3.63, 3.8) is 0 Å². The highest BCUT2D eigenvalue weighted by atomic mass is 35.5. The molecule has 0 atom stereocenters. The summed E-state index contributed by atoms with van der Waals surface area (Å²) in [4.78, 5) is 12.3. The summed E-state index contributed by atoms with van der Waals surface area (Å²) in [6, 6.07) is 5.65. The molecule has 1 N–H and O–H groups in total. The van der Waals surface area contributed by atoms with Crippen LogP contribution >= 0.6 is 35.0 Å². The summed E-state index contributed by atoms with van der Waals surface area (Å²) >= 11 is 13.5. The number of carbonyl (C=O) groups is 1. The molecule has 0 aliphatic heterocycles. The first-order valence-electron chi connectivity index (χ1n) is 9.00. The number of amides is 1. The molecule has 0 saturated heterocycles. The number of hydrogen-bond donors (Lipinski definition) is 1. The van der Waals surface area contributed by atoms with E-state index in [1.54, 1.807) is 18.2 Å². The number of hydrogen-bond acceptors (Lipinski definition) is 4. The van der Waals surface area contributed by atoms with E-state index >= 15 is 0 Å². The van der Waals surface area contributed by atoms with Gasteiger partial charge in [-0.05, 0) is 31.0 Å². The highest BCUT2D eigenvalue weighted by molar-refractivity contribution is 7.99. The Balaban J connectivity index is 1.69. The third-order valence-corrected chi connectivity index (χ3v) is 6.21.